The molecule has 9 heteroatoms. The molecule has 0 saturated heterocycles. The fraction of sp³-hybridized carbons (Fsp3) is 0.333. The van der Waals surface area contributed by atoms with Gasteiger partial charge in [0, 0.05) is 12.1 Å². The molecule has 208 valence electrons. The standard InChI is InChI=1S/C30H36FN3O4S/c1-5-27(29(36)32-30(2,3)4)33(21-20-23-12-8-6-9-13-23)28(35)22-34(25-14-10-7-11-15-25)39(37,38)26-18-16-24(31)17-19-26/h6-19,27H,5,20-22H2,1-4H3,(H,32,36)/t27-/m0/s1. The number of anilines is 1. The van der Waals surface area contributed by atoms with Gasteiger partial charge >= 0.3 is 0 Å². The van der Waals surface area contributed by atoms with Gasteiger partial charge in [0.25, 0.3) is 10.0 Å². The molecule has 0 heterocycles. The van der Waals surface area contributed by atoms with Crippen molar-refractivity contribution in [2.45, 2.75) is 57.0 Å². The van der Waals surface area contributed by atoms with Crippen molar-refractivity contribution in [3.05, 3.63) is 96.3 Å². The summed E-state index contributed by atoms with van der Waals surface area (Å²) in [5, 5.41) is 2.95. The molecule has 0 fully saturated rings. The normalized spacial score (nSPS) is 12.4. The number of amides is 2. The zero-order valence-electron chi connectivity index (χ0n) is 22.8. The fourth-order valence-electron chi connectivity index (χ4n) is 4.21. The number of rotatable bonds is 11. The van der Waals surface area contributed by atoms with Crippen LogP contribution in [0.5, 0.6) is 0 Å². The van der Waals surface area contributed by atoms with E-state index in [0.29, 0.717) is 12.8 Å². The maximum absolute atomic E-state index is 13.9. The molecule has 0 spiro atoms. The molecule has 3 aromatic rings. The quantitative estimate of drug-likeness (QED) is 0.370. The van der Waals surface area contributed by atoms with Crippen molar-refractivity contribution in [3.63, 3.8) is 0 Å². The Morgan fingerprint density at radius 1 is 0.897 bits per heavy atom. The molecule has 39 heavy (non-hydrogen) atoms. The van der Waals surface area contributed by atoms with Crippen LogP contribution in [0, 0.1) is 5.82 Å². The van der Waals surface area contributed by atoms with Crippen LogP contribution in [0.25, 0.3) is 0 Å². The lowest BCUT2D eigenvalue weighted by molar-refractivity contribution is -0.140. The number of nitrogens with zero attached hydrogens (tertiary/aromatic N) is 2. The van der Waals surface area contributed by atoms with Crippen LogP contribution in [0.15, 0.2) is 89.8 Å². The Balaban J connectivity index is 1.99. The summed E-state index contributed by atoms with van der Waals surface area (Å²) >= 11 is 0. The second-order valence-electron chi connectivity index (χ2n) is 10.3. The topological polar surface area (TPSA) is 86.8 Å². The summed E-state index contributed by atoms with van der Waals surface area (Å²) in [6, 6.07) is 21.5. The van der Waals surface area contributed by atoms with Gasteiger partial charge in [0.05, 0.1) is 10.6 Å². The Bertz CT molecular complexity index is 1340. The molecule has 0 saturated carbocycles. The smallest absolute Gasteiger partial charge is 0.264 e. The van der Waals surface area contributed by atoms with Gasteiger partial charge in [-0.2, -0.15) is 0 Å². The minimum Gasteiger partial charge on any atom is -0.350 e. The summed E-state index contributed by atoms with van der Waals surface area (Å²) in [7, 11) is -4.23. The molecular weight excluding hydrogens is 517 g/mol. The van der Waals surface area contributed by atoms with Crippen LogP contribution in [0.3, 0.4) is 0 Å². The van der Waals surface area contributed by atoms with E-state index >= 15 is 0 Å². The number of carbonyl (C=O) groups excluding carboxylic acids is 2. The third-order valence-corrected chi connectivity index (χ3v) is 7.88. The van der Waals surface area contributed by atoms with Crippen molar-refractivity contribution in [2.75, 3.05) is 17.4 Å². The highest BCUT2D eigenvalue weighted by atomic mass is 32.2. The number of benzene rings is 3. The average molecular weight is 554 g/mol. The largest absolute Gasteiger partial charge is 0.350 e. The van der Waals surface area contributed by atoms with Gasteiger partial charge in [-0.05, 0) is 75.6 Å². The number of nitrogens with one attached hydrogen (secondary N) is 1. The third-order valence-electron chi connectivity index (χ3n) is 6.09. The maximum atomic E-state index is 13.9. The van der Waals surface area contributed by atoms with Crippen molar-refractivity contribution in [1.29, 1.82) is 0 Å². The van der Waals surface area contributed by atoms with Crippen LogP contribution < -0.4 is 9.62 Å². The van der Waals surface area contributed by atoms with E-state index < -0.39 is 39.9 Å². The van der Waals surface area contributed by atoms with Crippen LogP contribution in [-0.4, -0.2) is 49.8 Å². The molecule has 1 atom stereocenters. The van der Waals surface area contributed by atoms with Crippen molar-refractivity contribution in [2.24, 2.45) is 0 Å². The van der Waals surface area contributed by atoms with Gasteiger partial charge in [0.1, 0.15) is 18.4 Å². The highest BCUT2D eigenvalue weighted by molar-refractivity contribution is 7.92. The molecule has 7 nitrogen and oxygen atoms in total. The van der Waals surface area contributed by atoms with Crippen LogP contribution in [0.1, 0.15) is 39.7 Å². The lowest BCUT2D eigenvalue weighted by Gasteiger charge is -2.34. The van der Waals surface area contributed by atoms with Crippen LogP contribution in [0.2, 0.25) is 0 Å². The number of carbonyl (C=O) groups is 2. The summed E-state index contributed by atoms with van der Waals surface area (Å²) in [4.78, 5) is 28.5. The number of para-hydroxylation sites is 1. The Kier molecular flexibility index (Phi) is 9.86. The Morgan fingerprint density at radius 3 is 2.00 bits per heavy atom. The fourth-order valence-corrected chi connectivity index (χ4v) is 5.62. The van der Waals surface area contributed by atoms with Gasteiger partial charge in [0.15, 0.2) is 0 Å². The monoisotopic (exact) mass is 553 g/mol. The number of hydrogen-bond acceptors (Lipinski definition) is 4. The first-order chi connectivity index (χ1) is 18.4. The van der Waals surface area contributed by atoms with E-state index in [1.807, 2.05) is 58.0 Å². The number of sulfonamides is 1. The first-order valence-electron chi connectivity index (χ1n) is 12.9. The van der Waals surface area contributed by atoms with E-state index in [-0.39, 0.29) is 23.0 Å². The van der Waals surface area contributed by atoms with E-state index in [1.165, 1.54) is 17.0 Å². The predicted octanol–water partition coefficient (Wildman–Crippen LogP) is 4.79. The second-order valence-corrected chi connectivity index (χ2v) is 12.1. The van der Waals surface area contributed by atoms with E-state index in [1.54, 1.807) is 30.3 Å². The van der Waals surface area contributed by atoms with Gasteiger partial charge in [-0.3, -0.25) is 13.9 Å². The van der Waals surface area contributed by atoms with E-state index in [2.05, 4.69) is 5.32 Å². The molecule has 0 aromatic heterocycles. The zero-order valence-corrected chi connectivity index (χ0v) is 23.6. The van der Waals surface area contributed by atoms with Crippen molar-refractivity contribution in [3.8, 4) is 0 Å². The molecule has 0 unspecified atom stereocenters. The van der Waals surface area contributed by atoms with E-state index in [0.717, 1.165) is 22.0 Å². The van der Waals surface area contributed by atoms with Crippen molar-refractivity contribution in [1.82, 2.24) is 10.2 Å². The summed E-state index contributed by atoms with van der Waals surface area (Å²) in [6.07, 6.45) is 0.834. The molecule has 2 amide bonds. The molecule has 0 aliphatic heterocycles. The molecule has 0 bridgehead atoms. The molecule has 1 N–H and O–H groups in total. The number of halogens is 1. The molecular formula is C30H36FN3O4S. The van der Waals surface area contributed by atoms with Crippen molar-refractivity contribution < 1.29 is 22.4 Å². The predicted molar refractivity (Wildman–Crippen MR) is 151 cm³/mol. The van der Waals surface area contributed by atoms with Gasteiger partial charge < -0.3 is 10.2 Å². The van der Waals surface area contributed by atoms with Crippen LogP contribution in [-0.2, 0) is 26.0 Å². The van der Waals surface area contributed by atoms with Crippen LogP contribution in [0.4, 0.5) is 10.1 Å². The van der Waals surface area contributed by atoms with Crippen molar-refractivity contribution >= 4 is 27.5 Å². The van der Waals surface area contributed by atoms with Gasteiger partial charge in [0.2, 0.25) is 11.8 Å². The first-order valence-corrected chi connectivity index (χ1v) is 14.3. The van der Waals surface area contributed by atoms with Gasteiger partial charge in [-0.25, -0.2) is 12.8 Å². The molecule has 3 rings (SSSR count). The van der Waals surface area contributed by atoms with Gasteiger partial charge in [-0.1, -0.05) is 55.5 Å². The lowest BCUT2D eigenvalue weighted by Crippen LogP contribution is -2.56. The molecule has 3 aromatic carbocycles. The lowest BCUT2D eigenvalue weighted by atomic mass is 10.1. The molecule has 0 radical (unpaired) electrons. The second kappa shape index (κ2) is 12.9. The highest BCUT2D eigenvalue weighted by Gasteiger charge is 2.34. The Hall–Kier alpha value is -3.72. The zero-order chi connectivity index (χ0) is 28.6. The summed E-state index contributed by atoms with van der Waals surface area (Å²) in [5.74, 6) is -1.39. The number of hydrogen-bond donors (Lipinski definition) is 1. The minimum atomic E-state index is -4.23. The Morgan fingerprint density at radius 2 is 1.46 bits per heavy atom. The van der Waals surface area contributed by atoms with Gasteiger partial charge in [-0.15, -0.1) is 0 Å². The summed E-state index contributed by atoms with van der Waals surface area (Å²) in [5.41, 5.74) is 0.756. The average Bonchev–Trinajstić information content (AvgIpc) is 2.89. The maximum Gasteiger partial charge on any atom is 0.264 e. The third kappa shape index (κ3) is 8.13. The van der Waals surface area contributed by atoms with E-state index in [4.69, 9.17) is 0 Å². The molecule has 0 aliphatic carbocycles. The SMILES string of the molecule is CC[C@@H](C(=O)NC(C)(C)C)N(CCc1ccccc1)C(=O)CN(c1ccccc1)S(=O)(=O)c1ccc(F)cc1. The minimum absolute atomic E-state index is 0.145. The Labute approximate surface area is 230 Å². The molecule has 0 aliphatic rings. The van der Waals surface area contributed by atoms with E-state index in [9.17, 15) is 22.4 Å². The van der Waals surface area contributed by atoms with Crippen LogP contribution >= 0.6 is 0 Å². The highest BCUT2D eigenvalue weighted by Crippen LogP contribution is 2.24. The summed E-state index contributed by atoms with van der Waals surface area (Å²) in [6.45, 7) is 7.09. The first kappa shape index (κ1) is 29.8. The summed E-state index contributed by atoms with van der Waals surface area (Å²) < 4.78 is 42.0.